The van der Waals surface area contributed by atoms with Gasteiger partial charge in [-0.3, -0.25) is 4.79 Å². The fraction of sp³-hybridized carbons (Fsp3) is 0.130. The molecule has 0 saturated heterocycles. The van der Waals surface area contributed by atoms with Gasteiger partial charge in [0, 0.05) is 16.7 Å². The van der Waals surface area contributed by atoms with Crippen molar-refractivity contribution in [1.29, 1.82) is 0 Å². The van der Waals surface area contributed by atoms with E-state index in [2.05, 4.69) is 26.6 Å². The van der Waals surface area contributed by atoms with Crippen molar-refractivity contribution in [2.24, 2.45) is 5.73 Å². The lowest BCUT2D eigenvalue weighted by molar-refractivity contribution is -0.118. The molecule has 0 aromatic heterocycles. The predicted octanol–water partition coefficient (Wildman–Crippen LogP) is 5.17. The van der Waals surface area contributed by atoms with E-state index in [1.54, 1.807) is 36.4 Å². The van der Waals surface area contributed by atoms with Crippen molar-refractivity contribution in [3.63, 3.8) is 0 Å². The molecule has 0 aliphatic carbocycles. The number of rotatable bonds is 7. The number of hydrogen-bond acceptors (Lipinski definition) is 4. The summed E-state index contributed by atoms with van der Waals surface area (Å²) in [4.78, 5) is 25.5. The SMILES string of the molecule is NCc1cccc(NC(=O)[C@@H](NC(=O)OCc2ccccc2)c2ccc(Br)c(Cl)c2)c1. The number of carbonyl (C=O) groups excluding carboxylic acids is 2. The van der Waals surface area contributed by atoms with Crippen LogP contribution in [0.5, 0.6) is 0 Å². The van der Waals surface area contributed by atoms with Crippen LogP contribution >= 0.6 is 27.5 Å². The maximum absolute atomic E-state index is 13.1. The standard InChI is InChI=1S/C23H21BrClN3O3/c24-19-10-9-17(12-20(19)25)21(22(29)27-18-8-4-7-16(11-18)13-26)28-23(30)31-14-15-5-2-1-3-6-15/h1-12,21H,13-14,26H2,(H,27,29)(H,28,30)/t21-/m0/s1. The largest absolute Gasteiger partial charge is 0.445 e. The van der Waals surface area contributed by atoms with Gasteiger partial charge in [0.05, 0.1) is 5.02 Å². The van der Waals surface area contributed by atoms with Crippen LogP contribution < -0.4 is 16.4 Å². The average molecular weight is 503 g/mol. The highest BCUT2D eigenvalue weighted by molar-refractivity contribution is 9.10. The fourth-order valence-corrected chi connectivity index (χ4v) is 3.30. The van der Waals surface area contributed by atoms with Crippen LogP contribution in [0.3, 0.4) is 0 Å². The van der Waals surface area contributed by atoms with E-state index in [1.165, 1.54) is 0 Å². The Bertz CT molecular complexity index is 1060. The number of carbonyl (C=O) groups is 2. The van der Waals surface area contributed by atoms with Gasteiger partial charge in [0.2, 0.25) is 0 Å². The molecule has 0 saturated carbocycles. The van der Waals surface area contributed by atoms with Crippen LogP contribution in [0.15, 0.2) is 77.3 Å². The second kappa shape index (κ2) is 10.9. The Kier molecular flexibility index (Phi) is 8.06. The smallest absolute Gasteiger partial charge is 0.408 e. The molecular formula is C23H21BrClN3O3. The van der Waals surface area contributed by atoms with E-state index in [0.717, 1.165) is 11.1 Å². The molecule has 6 nitrogen and oxygen atoms in total. The number of ether oxygens (including phenoxy) is 1. The second-order valence-electron chi connectivity index (χ2n) is 6.71. The first-order valence-electron chi connectivity index (χ1n) is 9.48. The van der Waals surface area contributed by atoms with Crippen LogP contribution in [-0.4, -0.2) is 12.0 Å². The molecule has 0 heterocycles. The van der Waals surface area contributed by atoms with Gasteiger partial charge in [-0.15, -0.1) is 0 Å². The van der Waals surface area contributed by atoms with Gasteiger partial charge in [-0.25, -0.2) is 4.79 Å². The minimum absolute atomic E-state index is 0.0840. The van der Waals surface area contributed by atoms with Gasteiger partial charge < -0.3 is 21.1 Å². The Morgan fingerprint density at radius 3 is 2.45 bits per heavy atom. The van der Waals surface area contributed by atoms with Crippen LogP contribution in [0.25, 0.3) is 0 Å². The van der Waals surface area contributed by atoms with Crippen molar-refractivity contribution >= 4 is 45.2 Å². The molecule has 0 spiro atoms. The van der Waals surface area contributed by atoms with Gasteiger partial charge in [-0.1, -0.05) is 60.1 Å². The zero-order valence-corrected chi connectivity index (χ0v) is 18.8. The lowest BCUT2D eigenvalue weighted by Gasteiger charge is -2.19. The highest BCUT2D eigenvalue weighted by Gasteiger charge is 2.24. The van der Waals surface area contributed by atoms with Crippen molar-refractivity contribution < 1.29 is 14.3 Å². The highest BCUT2D eigenvalue weighted by atomic mass is 79.9. The van der Waals surface area contributed by atoms with E-state index in [9.17, 15) is 9.59 Å². The predicted molar refractivity (Wildman–Crippen MR) is 125 cm³/mol. The third kappa shape index (κ3) is 6.55. The Hall–Kier alpha value is -2.87. The van der Waals surface area contributed by atoms with Crippen LogP contribution in [0.2, 0.25) is 5.02 Å². The molecule has 0 bridgehead atoms. The summed E-state index contributed by atoms with van der Waals surface area (Å²) in [5.74, 6) is -0.441. The zero-order chi connectivity index (χ0) is 22.2. The summed E-state index contributed by atoms with van der Waals surface area (Å²) in [6.07, 6.45) is -0.723. The molecule has 31 heavy (non-hydrogen) atoms. The quantitative estimate of drug-likeness (QED) is 0.416. The third-order valence-corrected chi connectivity index (χ3v) is 5.68. The van der Waals surface area contributed by atoms with Crippen LogP contribution in [0, 0.1) is 0 Å². The van der Waals surface area contributed by atoms with Crippen molar-refractivity contribution in [2.75, 3.05) is 5.32 Å². The van der Waals surface area contributed by atoms with E-state index >= 15 is 0 Å². The van der Waals surface area contributed by atoms with Gasteiger partial charge >= 0.3 is 6.09 Å². The van der Waals surface area contributed by atoms with Crippen LogP contribution in [-0.2, 0) is 22.7 Å². The first-order chi connectivity index (χ1) is 15.0. The average Bonchev–Trinajstić information content (AvgIpc) is 2.78. The minimum Gasteiger partial charge on any atom is -0.445 e. The monoisotopic (exact) mass is 501 g/mol. The van der Waals surface area contributed by atoms with Gasteiger partial charge in [0.25, 0.3) is 5.91 Å². The van der Waals surface area contributed by atoms with Gasteiger partial charge in [-0.2, -0.15) is 0 Å². The first-order valence-corrected chi connectivity index (χ1v) is 10.7. The Morgan fingerprint density at radius 2 is 1.74 bits per heavy atom. The van der Waals surface area contributed by atoms with E-state index in [0.29, 0.717) is 27.3 Å². The Balaban J connectivity index is 1.77. The van der Waals surface area contributed by atoms with Crippen LogP contribution in [0.1, 0.15) is 22.7 Å². The normalized spacial score (nSPS) is 11.5. The first kappa shape index (κ1) is 22.8. The molecule has 1 atom stereocenters. The lowest BCUT2D eigenvalue weighted by atomic mass is 10.1. The molecular weight excluding hydrogens is 482 g/mol. The zero-order valence-electron chi connectivity index (χ0n) is 16.5. The summed E-state index contributed by atoms with van der Waals surface area (Å²) < 4.78 is 5.96. The van der Waals surface area contributed by atoms with Crippen molar-refractivity contribution in [3.8, 4) is 0 Å². The summed E-state index contributed by atoms with van der Waals surface area (Å²) in [7, 11) is 0. The molecule has 3 aromatic rings. The summed E-state index contributed by atoms with van der Waals surface area (Å²) >= 11 is 9.53. The van der Waals surface area contributed by atoms with Crippen molar-refractivity contribution in [1.82, 2.24) is 5.32 Å². The molecule has 2 amide bonds. The Morgan fingerprint density at radius 1 is 1.00 bits per heavy atom. The molecule has 0 fully saturated rings. The molecule has 0 radical (unpaired) electrons. The van der Waals surface area contributed by atoms with Crippen molar-refractivity contribution in [2.45, 2.75) is 19.2 Å². The molecule has 0 aliphatic heterocycles. The molecule has 0 unspecified atom stereocenters. The van der Waals surface area contributed by atoms with Crippen LogP contribution in [0.4, 0.5) is 10.5 Å². The number of anilines is 1. The third-order valence-electron chi connectivity index (χ3n) is 4.44. The summed E-state index contributed by atoms with van der Waals surface area (Å²) in [5, 5.41) is 5.85. The molecule has 160 valence electrons. The maximum Gasteiger partial charge on any atom is 0.408 e. The van der Waals surface area contributed by atoms with E-state index in [-0.39, 0.29) is 6.61 Å². The number of nitrogens with two attached hydrogens (primary N) is 1. The molecule has 8 heteroatoms. The van der Waals surface area contributed by atoms with Gasteiger partial charge in [0.1, 0.15) is 12.6 Å². The van der Waals surface area contributed by atoms with E-state index < -0.39 is 18.0 Å². The molecule has 3 rings (SSSR count). The van der Waals surface area contributed by atoms with Gasteiger partial charge in [-0.05, 0) is 56.9 Å². The maximum atomic E-state index is 13.1. The molecule has 3 aromatic carbocycles. The van der Waals surface area contributed by atoms with E-state index in [4.69, 9.17) is 22.1 Å². The number of hydrogen-bond donors (Lipinski definition) is 3. The summed E-state index contributed by atoms with van der Waals surface area (Å²) in [5.41, 5.74) is 8.46. The number of benzene rings is 3. The molecule has 4 N–H and O–H groups in total. The number of halogens is 2. The number of alkyl carbamates (subject to hydrolysis) is 1. The number of amides is 2. The summed E-state index contributed by atoms with van der Waals surface area (Å²) in [6, 6.07) is 20.5. The van der Waals surface area contributed by atoms with Gasteiger partial charge in [0.15, 0.2) is 0 Å². The second-order valence-corrected chi connectivity index (χ2v) is 7.97. The lowest BCUT2D eigenvalue weighted by Crippen LogP contribution is -2.37. The molecule has 0 aliphatic rings. The Labute approximate surface area is 193 Å². The summed E-state index contributed by atoms with van der Waals surface area (Å²) in [6.45, 7) is 0.431. The minimum atomic E-state index is -1.02. The fourth-order valence-electron chi connectivity index (χ4n) is 2.87. The van der Waals surface area contributed by atoms with E-state index in [1.807, 2.05) is 36.4 Å². The van der Waals surface area contributed by atoms with Crippen molar-refractivity contribution in [3.05, 3.63) is 99.0 Å². The topological polar surface area (TPSA) is 93.5 Å². The highest BCUT2D eigenvalue weighted by Crippen LogP contribution is 2.27. The number of nitrogens with one attached hydrogen (secondary N) is 2.